The van der Waals surface area contributed by atoms with Gasteiger partial charge in [-0.2, -0.15) is 0 Å². The highest BCUT2D eigenvalue weighted by molar-refractivity contribution is 6.35. The zero-order valence-electron chi connectivity index (χ0n) is 9.03. The zero-order valence-corrected chi connectivity index (χ0v) is 9.78. The van der Waals surface area contributed by atoms with Gasteiger partial charge in [0, 0.05) is 5.39 Å². The predicted molar refractivity (Wildman–Crippen MR) is 65.9 cm³/mol. The van der Waals surface area contributed by atoms with E-state index in [1.807, 2.05) is 31.2 Å². The molecule has 0 amide bonds. The van der Waals surface area contributed by atoms with Crippen LogP contribution in [0.2, 0.25) is 5.02 Å². The molecule has 0 radical (unpaired) electrons. The van der Waals surface area contributed by atoms with Crippen molar-refractivity contribution in [2.45, 2.75) is 6.92 Å². The molecule has 3 rings (SSSR count). The minimum atomic E-state index is 0.165. The molecule has 3 aromatic rings. The van der Waals surface area contributed by atoms with Gasteiger partial charge in [0.15, 0.2) is 11.6 Å². The minimum Gasteiger partial charge on any atom is -0.453 e. The molecule has 4 nitrogen and oxygen atoms in total. The van der Waals surface area contributed by atoms with E-state index in [4.69, 9.17) is 26.3 Å². The number of furan rings is 1. The van der Waals surface area contributed by atoms with E-state index in [-0.39, 0.29) is 10.8 Å². The summed E-state index contributed by atoms with van der Waals surface area (Å²) in [6, 6.07) is 7.76. The molecule has 0 aliphatic carbocycles. The summed E-state index contributed by atoms with van der Waals surface area (Å²) in [5, 5.41) is 4.86. The van der Waals surface area contributed by atoms with Crippen LogP contribution >= 0.6 is 11.6 Å². The average molecular weight is 249 g/mol. The first-order valence-electron chi connectivity index (χ1n) is 5.06. The Morgan fingerprint density at radius 1 is 1.29 bits per heavy atom. The van der Waals surface area contributed by atoms with Crippen LogP contribution in [0, 0.1) is 6.92 Å². The van der Waals surface area contributed by atoms with Crippen LogP contribution in [0.15, 0.2) is 33.2 Å². The first-order chi connectivity index (χ1) is 8.15. The highest BCUT2D eigenvalue weighted by Crippen LogP contribution is 2.35. The van der Waals surface area contributed by atoms with Gasteiger partial charge in [-0.15, -0.1) is 0 Å². The van der Waals surface area contributed by atoms with Crippen molar-refractivity contribution in [1.29, 1.82) is 0 Å². The minimum absolute atomic E-state index is 0.165. The molecule has 0 fully saturated rings. The second kappa shape index (κ2) is 3.53. The van der Waals surface area contributed by atoms with Crippen LogP contribution in [0.1, 0.15) is 5.56 Å². The first-order valence-corrected chi connectivity index (χ1v) is 5.44. The SMILES string of the molecule is Cc1ccc2oc(-c3onc(N)c3Cl)cc2c1. The Morgan fingerprint density at radius 2 is 2.12 bits per heavy atom. The number of fused-ring (bicyclic) bond motifs is 1. The molecule has 0 bridgehead atoms. The van der Waals surface area contributed by atoms with E-state index in [0.29, 0.717) is 11.5 Å². The molecule has 17 heavy (non-hydrogen) atoms. The fourth-order valence-electron chi connectivity index (χ4n) is 1.72. The summed E-state index contributed by atoms with van der Waals surface area (Å²) < 4.78 is 10.7. The van der Waals surface area contributed by atoms with Gasteiger partial charge >= 0.3 is 0 Å². The molecule has 5 heteroatoms. The normalized spacial score (nSPS) is 11.2. The molecular weight excluding hydrogens is 240 g/mol. The van der Waals surface area contributed by atoms with Crippen LogP contribution in [0.5, 0.6) is 0 Å². The monoisotopic (exact) mass is 248 g/mol. The van der Waals surface area contributed by atoms with E-state index >= 15 is 0 Å². The van der Waals surface area contributed by atoms with Crippen molar-refractivity contribution in [3.05, 3.63) is 34.9 Å². The Balaban J connectivity index is 2.21. The second-order valence-corrected chi connectivity index (χ2v) is 4.24. The number of halogens is 1. The lowest BCUT2D eigenvalue weighted by molar-refractivity contribution is 0.424. The molecule has 0 saturated carbocycles. The lowest BCUT2D eigenvalue weighted by atomic mass is 10.2. The van der Waals surface area contributed by atoms with Crippen molar-refractivity contribution >= 4 is 28.4 Å². The average Bonchev–Trinajstić information content (AvgIpc) is 2.83. The van der Waals surface area contributed by atoms with Gasteiger partial charge in [-0.1, -0.05) is 28.4 Å². The van der Waals surface area contributed by atoms with E-state index in [1.165, 1.54) is 0 Å². The number of benzene rings is 1. The lowest BCUT2D eigenvalue weighted by Gasteiger charge is -1.89. The summed E-state index contributed by atoms with van der Waals surface area (Å²) in [5.41, 5.74) is 7.45. The quantitative estimate of drug-likeness (QED) is 0.714. The third-order valence-electron chi connectivity index (χ3n) is 2.56. The van der Waals surface area contributed by atoms with Crippen LogP contribution < -0.4 is 5.73 Å². The molecule has 2 N–H and O–H groups in total. The first kappa shape index (κ1) is 10.2. The third-order valence-corrected chi connectivity index (χ3v) is 2.92. The van der Waals surface area contributed by atoms with Gasteiger partial charge < -0.3 is 14.7 Å². The summed E-state index contributed by atoms with van der Waals surface area (Å²) in [6.07, 6.45) is 0. The Bertz CT molecular complexity index is 700. The molecule has 0 unspecified atom stereocenters. The Labute approximate surface area is 102 Å². The second-order valence-electron chi connectivity index (χ2n) is 3.86. The van der Waals surface area contributed by atoms with Crippen molar-refractivity contribution in [2.24, 2.45) is 0 Å². The molecular formula is C12H9ClN2O2. The van der Waals surface area contributed by atoms with Gasteiger partial charge in [-0.25, -0.2) is 0 Å². The molecule has 2 aromatic heterocycles. The van der Waals surface area contributed by atoms with Gasteiger partial charge in [-0.05, 0) is 25.1 Å². The van der Waals surface area contributed by atoms with E-state index < -0.39 is 0 Å². The maximum absolute atomic E-state index is 5.96. The van der Waals surface area contributed by atoms with E-state index in [0.717, 1.165) is 16.5 Å². The molecule has 0 saturated heterocycles. The molecule has 0 atom stereocenters. The largest absolute Gasteiger partial charge is 0.453 e. The number of hydrogen-bond acceptors (Lipinski definition) is 4. The van der Waals surface area contributed by atoms with Crippen molar-refractivity contribution in [1.82, 2.24) is 5.16 Å². The van der Waals surface area contributed by atoms with Gasteiger partial charge in [0.05, 0.1) is 0 Å². The lowest BCUT2D eigenvalue weighted by Crippen LogP contribution is -1.82. The molecule has 2 heterocycles. The molecule has 1 aromatic carbocycles. The van der Waals surface area contributed by atoms with Crippen LogP contribution in [0.25, 0.3) is 22.5 Å². The number of nitrogens with two attached hydrogens (primary N) is 1. The maximum atomic E-state index is 5.96. The summed E-state index contributed by atoms with van der Waals surface area (Å²) in [7, 11) is 0. The molecule has 0 aliphatic rings. The maximum Gasteiger partial charge on any atom is 0.222 e. The fraction of sp³-hybridized carbons (Fsp3) is 0.0833. The molecule has 0 aliphatic heterocycles. The Hall–Kier alpha value is -1.94. The van der Waals surface area contributed by atoms with Crippen molar-refractivity contribution in [3.63, 3.8) is 0 Å². The summed E-state index contributed by atoms with van der Waals surface area (Å²) in [5.74, 6) is 1.05. The predicted octanol–water partition coefficient (Wildman–Crippen LogP) is 3.63. The summed E-state index contributed by atoms with van der Waals surface area (Å²) in [6.45, 7) is 2.02. The number of aryl methyl sites for hydroxylation is 1. The Morgan fingerprint density at radius 3 is 2.82 bits per heavy atom. The van der Waals surface area contributed by atoms with Crippen LogP contribution in [-0.2, 0) is 0 Å². The number of anilines is 1. The smallest absolute Gasteiger partial charge is 0.222 e. The van der Waals surface area contributed by atoms with Crippen molar-refractivity contribution < 1.29 is 8.94 Å². The molecule has 86 valence electrons. The highest BCUT2D eigenvalue weighted by atomic mass is 35.5. The number of aromatic nitrogens is 1. The highest BCUT2D eigenvalue weighted by Gasteiger charge is 2.17. The number of nitrogen functional groups attached to an aromatic ring is 1. The van der Waals surface area contributed by atoms with Crippen molar-refractivity contribution in [3.8, 4) is 11.5 Å². The summed E-state index contributed by atoms with van der Waals surface area (Å²) in [4.78, 5) is 0. The zero-order chi connectivity index (χ0) is 12.0. The van der Waals surface area contributed by atoms with Crippen LogP contribution in [0.3, 0.4) is 0 Å². The van der Waals surface area contributed by atoms with Crippen molar-refractivity contribution in [2.75, 3.05) is 5.73 Å². The third kappa shape index (κ3) is 1.57. The van der Waals surface area contributed by atoms with Crippen LogP contribution in [0.4, 0.5) is 5.82 Å². The van der Waals surface area contributed by atoms with E-state index in [9.17, 15) is 0 Å². The van der Waals surface area contributed by atoms with E-state index in [1.54, 1.807) is 0 Å². The van der Waals surface area contributed by atoms with Crippen LogP contribution in [-0.4, -0.2) is 5.16 Å². The molecule has 0 spiro atoms. The summed E-state index contributed by atoms with van der Waals surface area (Å²) >= 11 is 5.96. The number of nitrogens with zero attached hydrogens (tertiary/aromatic N) is 1. The Kier molecular flexibility index (Phi) is 2.12. The van der Waals surface area contributed by atoms with Gasteiger partial charge in [0.1, 0.15) is 10.6 Å². The van der Waals surface area contributed by atoms with E-state index in [2.05, 4.69) is 5.16 Å². The van der Waals surface area contributed by atoms with Gasteiger partial charge in [0.2, 0.25) is 5.76 Å². The topological polar surface area (TPSA) is 65.2 Å². The van der Waals surface area contributed by atoms with Gasteiger partial charge in [-0.3, -0.25) is 0 Å². The number of rotatable bonds is 1. The number of hydrogen-bond donors (Lipinski definition) is 1. The standard InChI is InChI=1S/C12H9ClN2O2/c1-6-2-3-8-7(4-6)5-9(16-8)11-10(13)12(14)15-17-11/h2-5H,1H3,(H2,14,15). The van der Waals surface area contributed by atoms with Gasteiger partial charge in [0.25, 0.3) is 0 Å². The fourth-order valence-corrected chi connectivity index (χ4v) is 1.88.